The third-order valence-electron chi connectivity index (χ3n) is 7.33. The van der Waals surface area contributed by atoms with E-state index in [2.05, 4.69) is 10.6 Å². The zero-order valence-electron chi connectivity index (χ0n) is 22.9. The van der Waals surface area contributed by atoms with E-state index in [4.69, 9.17) is 0 Å². The molecule has 3 atom stereocenters. The molecule has 4 rings (SSSR count). The van der Waals surface area contributed by atoms with Crippen molar-refractivity contribution < 1.29 is 23.2 Å². The molecular weight excluding hydrogens is 488 g/mol. The Labute approximate surface area is 223 Å². The Bertz CT molecular complexity index is 1230. The van der Waals surface area contributed by atoms with Crippen LogP contribution in [0.15, 0.2) is 36.4 Å². The largest absolute Gasteiger partial charge is 0.349 e. The fourth-order valence-corrected chi connectivity index (χ4v) is 5.60. The summed E-state index contributed by atoms with van der Waals surface area (Å²) in [5.74, 6) is -3.98. The van der Waals surface area contributed by atoms with Crippen molar-refractivity contribution in [2.24, 2.45) is 11.8 Å². The summed E-state index contributed by atoms with van der Waals surface area (Å²) in [7, 11) is 0. The zero-order chi connectivity index (χ0) is 27.9. The minimum absolute atomic E-state index is 0.000682. The molecule has 0 aromatic heterocycles. The average molecular weight is 526 g/mol. The lowest BCUT2D eigenvalue weighted by molar-refractivity contribution is -0.158. The van der Waals surface area contributed by atoms with Crippen molar-refractivity contribution in [3.8, 4) is 0 Å². The number of hydrogen-bond donors (Lipinski definition) is 2. The van der Waals surface area contributed by atoms with Gasteiger partial charge in [-0.2, -0.15) is 0 Å². The second-order valence-electron chi connectivity index (χ2n) is 12.1. The first kappa shape index (κ1) is 27.7. The summed E-state index contributed by atoms with van der Waals surface area (Å²) < 4.78 is 30.2. The predicted molar refractivity (Wildman–Crippen MR) is 141 cm³/mol. The smallest absolute Gasteiger partial charge is 0.247 e. The highest BCUT2D eigenvalue weighted by Crippen LogP contribution is 2.36. The first-order valence-electron chi connectivity index (χ1n) is 13.2. The second kappa shape index (κ2) is 10.5. The summed E-state index contributed by atoms with van der Waals surface area (Å²) in [5, 5.41) is 5.76. The molecule has 204 valence electrons. The number of nitrogens with one attached hydrogen (secondary N) is 2. The molecule has 2 aliphatic rings. The molecule has 8 heteroatoms. The molecule has 0 radical (unpaired) electrons. The maximum Gasteiger partial charge on any atom is 0.247 e. The van der Waals surface area contributed by atoms with Crippen LogP contribution in [0.2, 0.25) is 0 Å². The summed E-state index contributed by atoms with van der Waals surface area (Å²) in [5.41, 5.74) is 1.34. The van der Waals surface area contributed by atoms with Gasteiger partial charge in [0.15, 0.2) is 11.6 Å². The number of benzene rings is 2. The van der Waals surface area contributed by atoms with Crippen LogP contribution in [-0.2, 0) is 27.2 Å². The lowest BCUT2D eigenvalue weighted by Gasteiger charge is -2.45. The number of carbonyl (C=O) groups excluding carboxylic acids is 3. The molecule has 3 unspecified atom stereocenters. The van der Waals surface area contributed by atoms with Gasteiger partial charge in [0.2, 0.25) is 17.7 Å². The van der Waals surface area contributed by atoms with Gasteiger partial charge in [0.1, 0.15) is 18.1 Å². The third kappa shape index (κ3) is 5.45. The molecule has 1 aliphatic carbocycles. The summed E-state index contributed by atoms with van der Waals surface area (Å²) in [6.07, 6.45) is 1.47. The normalized spacial score (nSPS) is 20.9. The van der Waals surface area contributed by atoms with Crippen LogP contribution in [0.5, 0.6) is 0 Å². The number of rotatable bonds is 6. The molecule has 3 amide bonds. The minimum Gasteiger partial charge on any atom is -0.349 e. The molecule has 6 nitrogen and oxygen atoms in total. The molecule has 0 saturated carbocycles. The van der Waals surface area contributed by atoms with Gasteiger partial charge in [0.25, 0.3) is 0 Å². The van der Waals surface area contributed by atoms with Crippen molar-refractivity contribution in [3.63, 3.8) is 0 Å². The van der Waals surface area contributed by atoms with E-state index in [1.54, 1.807) is 20.8 Å². The van der Waals surface area contributed by atoms with Crippen LogP contribution < -0.4 is 10.6 Å². The highest BCUT2D eigenvalue weighted by Gasteiger charge is 2.50. The van der Waals surface area contributed by atoms with Crippen molar-refractivity contribution in [3.05, 3.63) is 70.3 Å². The van der Waals surface area contributed by atoms with Gasteiger partial charge >= 0.3 is 0 Å². The molecule has 38 heavy (non-hydrogen) atoms. The molecule has 1 fully saturated rings. The molecule has 1 saturated heterocycles. The van der Waals surface area contributed by atoms with Gasteiger partial charge in [-0.1, -0.05) is 50.2 Å². The molecule has 2 aromatic carbocycles. The van der Waals surface area contributed by atoms with Gasteiger partial charge in [0, 0.05) is 11.1 Å². The molecule has 2 N–H and O–H groups in total. The second-order valence-corrected chi connectivity index (χ2v) is 12.1. The van der Waals surface area contributed by atoms with E-state index in [1.807, 2.05) is 38.1 Å². The number of amides is 3. The number of piperazine rings is 1. The monoisotopic (exact) mass is 525 g/mol. The van der Waals surface area contributed by atoms with E-state index in [0.717, 1.165) is 11.1 Å². The van der Waals surface area contributed by atoms with Gasteiger partial charge in [-0.15, -0.1) is 0 Å². The van der Waals surface area contributed by atoms with Crippen LogP contribution in [0.4, 0.5) is 8.78 Å². The molecule has 0 spiro atoms. The first-order valence-corrected chi connectivity index (χ1v) is 13.2. The van der Waals surface area contributed by atoms with E-state index in [9.17, 15) is 18.8 Å². The Balaban J connectivity index is 1.82. The van der Waals surface area contributed by atoms with Gasteiger partial charge < -0.3 is 15.5 Å². The van der Waals surface area contributed by atoms with Crippen molar-refractivity contribution >= 4 is 17.7 Å². The Morgan fingerprint density at radius 3 is 2.21 bits per heavy atom. The Morgan fingerprint density at radius 1 is 1.05 bits per heavy atom. The minimum atomic E-state index is -1.52. The van der Waals surface area contributed by atoms with Crippen LogP contribution in [-0.4, -0.2) is 40.2 Å². The van der Waals surface area contributed by atoms with Crippen molar-refractivity contribution in [2.45, 2.75) is 84.5 Å². The number of hydrogen-bond acceptors (Lipinski definition) is 3. The zero-order valence-corrected chi connectivity index (χ0v) is 22.9. The fraction of sp³-hybridized carbons (Fsp3) is 0.500. The maximum absolute atomic E-state index is 15.5. The van der Waals surface area contributed by atoms with Gasteiger partial charge in [0.05, 0.1) is 0 Å². The molecule has 1 aliphatic heterocycles. The quantitative estimate of drug-likeness (QED) is 0.588. The summed E-state index contributed by atoms with van der Waals surface area (Å²) in [6, 6.07) is 7.21. The standard InChI is InChI=1S/C30H37F2N3O3/c1-16(2)13-22-27(36)33-25(20-14-18-9-7-8-10-19(18)15-20)29(38)35(22)26(28(37)34-30(4,5)6)21-12-11-17(3)23(31)24(21)32/h7-12,16,20,22,25-26H,13-15H2,1-6H3,(H,33,36)(H,34,37). The fourth-order valence-electron chi connectivity index (χ4n) is 5.60. The highest BCUT2D eigenvalue weighted by atomic mass is 19.2. The molecular formula is C30H37F2N3O3. The van der Waals surface area contributed by atoms with E-state index in [1.165, 1.54) is 24.0 Å². The maximum atomic E-state index is 15.5. The summed E-state index contributed by atoms with van der Waals surface area (Å²) >= 11 is 0. The predicted octanol–water partition coefficient (Wildman–Crippen LogP) is 4.39. The van der Waals surface area contributed by atoms with Crippen molar-refractivity contribution in [2.75, 3.05) is 0 Å². The Hall–Kier alpha value is -3.29. The van der Waals surface area contributed by atoms with Crippen LogP contribution in [0.25, 0.3) is 0 Å². The Morgan fingerprint density at radius 2 is 1.66 bits per heavy atom. The first-order chi connectivity index (χ1) is 17.8. The number of halogens is 2. The number of aryl methyl sites for hydroxylation is 1. The SMILES string of the molecule is Cc1ccc(C(C(=O)NC(C)(C)C)N2C(=O)C(C3Cc4ccccc4C3)NC(=O)C2CC(C)C)c(F)c1F. The number of nitrogens with zero attached hydrogens (tertiary/aromatic N) is 1. The van der Waals surface area contributed by atoms with Crippen molar-refractivity contribution in [1.82, 2.24) is 15.5 Å². The number of carbonyl (C=O) groups is 3. The van der Waals surface area contributed by atoms with Gasteiger partial charge in [-0.05, 0) is 75.5 Å². The van der Waals surface area contributed by atoms with Crippen LogP contribution in [0.3, 0.4) is 0 Å². The van der Waals surface area contributed by atoms with E-state index < -0.39 is 47.1 Å². The molecule has 1 heterocycles. The molecule has 0 bridgehead atoms. The molecule has 2 aromatic rings. The van der Waals surface area contributed by atoms with E-state index in [0.29, 0.717) is 12.8 Å². The van der Waals surface area contributed by atoms with Crippen LogP contribution in [0.1, 0.15) is 69.3 Å². The van der Waals surface area contributed by atoms with Crippen LogP contribution in [0, 0.1) is 30.4 Å². The van der Waals surface area contributed by atoms with Crippen LogP contribution >= 0.6 is 0 Å². The topological polar surface area (TPSA) is 78.5 Å². The Kier molecular flexibility index (Phi) is 7.64. The van der Waals surface area contributed by atoms with Gasteiger partial charge in [-0.25, -0.2) is 8.78 Å². The van der Waals surface area contributed by atoms with E-state index in [-0.39, 0.29) is 35.3 Å². The highest BCUT2D eigenvalue weighted by molar-refractivity contribution is 6.00. The van der Waals surface area contributed by atoms with Crippen molar-refractivity contribution in [1.29, 1.82) is 0 Å². The lowest BCUT2D eigenvalue weighted by Crippen LogP contribution is -2.67. The number of fused-ring (bicyclic) bond motifs is 1. The lowest BCUT2D eigenvalue weighted by atomic mass is 9.87. The third-order valence-corrected chi connectivity index (χ3v) is 7.33. The average Bonchev–Trinajstić information content (AvgIpc) is 3.25. The van der Waals surface area contributed by atoms with Gasteiger partial charge in [-0.3, -0.25) is 14.4 Å². The summed E-state index contributed by atoms with van der Waals surface area (Å²) in [4.78, 5) is 42.8. The van der Waals surface area contributed by atoms with E-state index >= 15 is 4.39 Å². The summed E-state index contributed by atoms with van der Waals surface area (Å²) in [6.45, 7) is 10.5.